The van der Waals surface area contributed by atoms with Crippen molar-refractivity contribution in [2.24, 2.45) is 0 Å². The molecule has 0 aromatic heterocycles. The zero-order valence-electron chi connectivity index (χ0n) is 15.9. The molecule has 0 aliphatic rings. The monoisotopic (exact) mass is 533 g/mol. The van der Waals surface area contributed by atoms with Gasteiger partial charge in [-0.25, -0.2) is 0 Å². The Kier molecular flexibility index (Phi) is 9.16. The minimum atomic E-state index is -0.899. The highest BCUT2D eigenvalue weighted by molar-refractivity contribution is 9.10. The zero-order valence-corrected chi connectivity index (χ0v) is 19.8. The molecule has 2 aromatic rings. The first kappa shape index (κ1) is 24.2. The summed E-state index contributed by atoms with van der Waals surface area (Å²) in [5, 5.41) is 3.09. The van der Waals surface area contributed by atoms with Gasteiger partial charge >= 0.3 is 0 Å². The first-order valence-corrected chi connectivity index (χ1v) is 10.6. The van der Waals surface area contributed by atoms with E-state index in [1.54, 1.807) is 30.3 Å². The van der Waals surface area contributed by atoms with Gasteiger partial charge in [-0.15, -0.1) is 0 Å². The van der Waals surface area contributed by atoms with Gasteiger partial charge in [0.15, 0.2) is 11.2 Å². The van der Waals surface area contributed by atoms with E-state index in [0.717, 1.165) is 0 Å². The van der Waals surface area contributed by atoms with Crippen molar-refractivity contribution >= 4 is 68.3 Å². The zero-order chi connectivity index (χ0) is 22.3. The highest BCUT2D eigenvalue weighted by Crippen LogP contribution is 2.28. The third-order valence-electron chi connectivity index (χ3n) is 3.58. The minimum absolute atomic E-state index is 0.104. The number of thiocarbonyl (C=S) groups is 1. The molecule has 0 radical (unpaired) electrons. The molecule has 0 heterocycles. The Hall–Kier alpha value is -2.07. The normalized spacial score (nSPS) is 11.2. The topological polar surface area (TPSA) is 88.7 Å². The Morgan fingerprint density at radius 1 is 1.13 bits per heavy atom. The third-order valence-corrected chi connectivity index (χ3v) is 4.81. The van der Waals surface area contributed by atoms with E-state index in [-0.39, 0.29) is 15.7 Å². The fourth-order valence-corrected chi connectivity index (χ4v) is 3.16. The molecule has 160 valence electrons. The molecule has 0 fully saturated rings. The Balaban J connectivity index is 1.90. The number of carbonyl (C=O) groups is 2. The molecule has 1 atom stereocenters. The van der Waals surface area contributed by atoms with Crippen molar-refractivity contribution in [3.8, 4) is 11.5 Å². The van der Waals surface area contributed by atoms with Crippen LogP contribution < -0.4 is 25.6 Å². The second kappa shape index (κ2) is 11.4. The Labute approximate surface area is 197 Å². The van der Waals surface area contributed by atoms with Crippen molar-refractivity contribution in [2.45, 2.75) is 20.0 Å². The molecule has 2 aromatic carbocycles. The molecule has 2 rings (SSSR count). The minimum Gasteiger partial charge on any atom is -0.493 e. The molecule has 0 aliphatic heterocycles. The van der Waals surface area contributed by atoms with E-state index in [1.165, 1.54) is 13.0 Å². The molecule has 30 heavy (non-hydrogen) atoms. The number of ether oxygens (including phenoxy) is 2. The van der Waals surface area contributed by atoms with Gasteiger partial charge in [-0.1, -0.05) is 39.1 Å². The summed E-state index contributed by atoms with van der Waals surface area (Å²) in [6, 6.07) is 9.68. The number of hydrazine groups is 1. The molecule has 7 nitrogen and oxygen atoms in total. The second-order valence-corrected chi connectivity index (χ2v) is 7.97. The standard InChI is InChI=1S/C19H18BrCl2N3O4S/c1-3-28-15-6-4-11(20)8-13(15)18(27)23-19(30)25-24-17(26)10(2)29-16-7-5-12(21)9-14(16)22/h4-10H,3H2,1-2H3,(H,24,26)(H2,23,25,27,30). The molecule has 0 saturated carbocycles. The van der Waals surface area contributed by atoms with Crippen LogP contribution in [0.4, 0.5) is 0 Å². The highest BCUT2D eigenvalue weighted by atomic mass is 79.9. The number of amides is 2. The van der Waals surface area contributed by atoms with E-state index >= 15 is 0 Å². The van der Waals surface area contributed by atoms with Gasteiger partial charge in [0.2, 0.25) is 0 Å². The van der Waals surface area contributed by atoms with Crippen LogP contribution in [0.1, 0.15) is 24.2 Å². The predicted octanol–water partition coefficient (Wildman–Crippen LogP) is 4.26. The fraction of sp³-hybridized carbons (Fsp3) is 0.211. The second-order valence-electron chi connectivity index (χ2n) is 5.81. The molecular formula is C19H18BrCl2N3O4S. The molecule has 1 unspecified atom stereocenters. The van der Waals surface area contributed by atoms with Gasteiger partial charge in [0.05, 0.1) is 17.2 Å². The largest absolute Gasteiger partial charge is 0.493 e. The summed E-state index contributed by atoms with van der Waals surface area (Å²) in [6.45, 7) is 3.74. The van der Waals surface area contributed by atoms with Gasteiger partial charge < -0.3 is 9.47 Å². The third kappa shape index (κ3) is 7.02. The van der Waals surface area contributed by atoms with Crippen LogP contribution >= 0.6 is 51.3 Å². The smallest absolute Gasteiger partial charge is 0.279 e. The van der Waals surface area contributed by atoms with E-state index in [1.807, 2.05) is 6.92 Å². The number of hydrogen-bond acceptors (Lipinski definition) is 5. The van der Waals surface area contributed by atoms with Gasteiger partial charge in [0.25, 0.3) is 11.8 Å². The number of nitrogens with one attached hydrogen (secondary N) is 3. The van der Waals surface area contributed by atoms with Crippen molar-refractivity contribution in [1.29, 1.82) is 0 Å². The Morgan fingerprint density at radius 3 is 2.50 bits per heavy atom. The van der Waals surface area contributed by atoms with Crippen LogP contribution in [0.2, 0.25) is 10.0 Å². The average molecular weight is 535 g/mol. The average Bonchev–Trinajstić information content (AvgIpc) is 2.69. The van der Waals surface area contributed by atoms with E-state index in [4.69, 9.17) is 44.9 Å². The first-order valence-electron chi connectivity index (χ1n) is 8.66. The Bertz CT molecular complexity index is 961. The van der Waals surface area contributed by atoms with Crippen molar-refractivity contribution in [2.75, 3.05) is 6.61 Å². The van der Waals surface area contributed by atoms with Crippen LogP contribution in [-0.2, 0) is 4.79 Å². The summed E-state index contributed by atoms with van der Waals surface area (Å²) in [5.41, 5.74) is 5.10. The van der Waals surface area contributed by atoms with Crippen LogP contribution in [0.25, 0.3) is 0 Å². The molecule has 2 amide bonds. The lowest BCUT2D eigenvalue weighted by Crippen LogP contribution is -2.51. The number of hydrogen-bond donors (Lipinski definition) is 3. The maximum absolute atomic E-state index is 12.5. The molecule has 0 bridgehead atoms. The van der Waals surface area contributed by atoms with Gasteiger partial charge in [-0.2, -0.15) is 0 Å². The maximum Gasteiger partial charge on any atom is 0.279 e. The van der Waals surface area contributed by atoms with Crippen molar-refractivity contribution in [3.05, 3.63) is 56.5 Å². The summed E-state index contributed by atoms with van der Waals surface area (Å²) < 4.78 is 11.7. The highest BCUT2D eigenvalue weighted by Gasteiger charge is 2.18. The van der Waals surface area contributed by atoms with E-state index in [0.29, 0.717) is 27.6 Å². The summed E-state index contributed by atoms with van der Waals surface area (Å²) in [7, 11) is 0. The van der Waals surface area contributed by atoms with E-state index in [2.05, 4.69) is 32.1 Å². The van der Waals surface area contributed by atoms with Crippen LogP contribution in [0.3, 0.4) is 0 Å². The lowest BCUT2D eigenvalue weighted by atomic mass is 10.2. The number of carbonyl (C=O) groups excluding carboxylic acids is 2. The lowest BCUT2D eigenvalue weighted by Gasteiger charge is -2.17. The Morgan fingerprint density at radius 2 is 1.83 bits per heavy atom. The molecule has 0 spiro atoms. The van der Waals surface area contributed by atoms with E-state index in [9.17, 15) is 9.59 Å². The quantitative estimate of drug-likeness (QED) is 0.379. The van der Waals surface area contributed by atoms with Crippen LogP contribution in [0, 0.1) is 0 Å². The van der Waals surface area contributed by atoms with Crippen molar-refractivity contribution < 1.29 is 19.1 Å². The lowest BCUT2D eigenvalue weighted by molar-refractivity contribution is -0.127. The summed E-state index contributed by atoms with van der Waals surface area (Å²) >= 11 is 20.2. The predicted molar refractivity (Wildman–Crippen MR) is 123 cm³/mol. The molecular weight excluding hydrogens is 517 g/mol. The van der Waals surface area contributed by atoms with Crippen LogP contribution in [0.5, 0.6) is 11.5 Å². The van der Waals surface area contributed by atoms with Gasteiger partial charge in [-0.3, -0.25) is 25.8 Å². The molecule has 11 heteroatoms. The summed E-state index contributed by atoms with van der Waals surface area (Å²) in [4.78, 5) is 24.7. The fourth-order valence-electron chi connectivity index (χ4n) is 2.20. The number of benzene rings is 2. The first-order chi connectivity index (χ1) is 14.2. The van der Waals surface area contributed by atoms with Crippen LogP contribution in [-0.4, -0.2) is 29.6 Å². The summed E-state index contributed by atoms with van der Waals surface area (Å²) in [6.07, 6.45) is -0.899. The van der Waals surface area contributed by atoms with Crippen molar-refractivity contribution in [3.63, 3.8) is 0 Å². The number of rotatable bonds is 6. The summed E-state index contributed by atoms with van der Waals surface area (Å²) in [5.74, 6) is -0.316. The number of halogens is 3. The van der Waals surface area contributed by atoms with E-state index < -0.39 is 17.9 Å². The van der Waals surface area contributed by atoms with Gasteiger partial charge in [0, 0.05) is 9.50 Å². The van der Waals surface area contributed by atoms with Crippen LogP contribution in [0.15, 0.2) is 40.9 Å². The van der Waals surface area contributed by atoms with Gasteiger partial charge in [-0.05, 0) is 62.5 Å². The van der Waals surface area contributed by atoms with Crippen molar-refractivity contribution in [1.82, 2.24) is 16.2 Å². The molecule has 3 N–H and O–H groups in total. The SMILES string of the molecule is CCOc1ccc(Br)cc1C(=O)NC(=S)NNC(=O)C(C)Oc1ccc(Cl)cc1Cl. The molecule has 0 saturated heterocycles. The van der Waals surface area contributed by atoms with Gasteiger partial charge in [0.1, 0.15) is 11.5 Å². The molecule has 0 aliphatic carbocycles. The maximum atomic E-state index is 12.5.